The number of aromatic nitrogens is 1. The third-order valence-corrected chi connectivity index (χ3v) is 3.78. The van der Waals surface area contributed by atoms with E-state index in [0.717, 1.165) is 23.1 Å². The maximum absolute atomic E-state index is 12.4. The molecule has 8 heteroatoms. The average Bonchev–Trinajstić information content (AvgIpc) is 2.78. The molecule has 1 atom stereocenters. The van der Waals surface area contributed by atoms with Gasteiger partial charge < -0.3 is 10.6 Å². The zero-order valence-corrected chi connectivity index (χ0v) is 10.2. The Morgan fingerprint density at radius 2 is 2.28 bits per heavy atom. The average molecular weight is 279 g/mol. The number of anilines is 1. The van der Waals surface area contributed by atoms with E-state index in [4.69, 9.17) is 5.73 Å². The largest absolute Gasteiger partial charge is 0.434 e. The van der Waals surface area contributed by atoms with Crippen LogP contribution >= 0.6 is 11.3 Å². The fourth-order valence-electron chi connectivity index (χ4n) is 1.92. The Morgan fingerprint density at radius 3 is 2.83 bits per heavy atom. The third-order valence-electron chi connectivity index (χ3n) is 2.88. The lowest BCUT2D eigenvalue weighted by Crippen LogP contribution is -2.41. The predicted octanol–water partition coefficient (Wildman–Crippen LogP) is 1.86. The van der Waals surface area contributed by atoms with Gasteiger partial charge in [-0.2, -0.15) is 13.2 Å². The van der Waals surface area contributed by atoms with Crippen molar-refractivity contribution in [2.75, 3.05) is 18.0 Å². The molecule has 0 aromatic carbocycles. The number of primary amides is 1. The fraction of sp³-hybridized carbons (Fsp3) is 0.600. The molecule has 18 heavy (non-hydrogen) atoms. The SMILES string of the molecule is NC(=O)C1CCCN(c2nc(C(F)(F)F)cs2)C1. The summed E-state index contributed by atoms with van der Waals surface area (Å²) in [6.45, 7) is 0.953. The number of alkyl halides is 3. The molecule has 1 saturated heterocycles. The van der Waals surface area contributed by atoms with Crippen molar-refractivity contribution in [3.8, 4) is 0 Å². The van der Waals surface area contributed by atoms with Crippen LogP contribution in [-0.2, 0) is 11.0 Å². The van der Waals surface area contributed by atoms with Gasteiger partial charge >= 0.3 is 6.18 Å². The highest BCUT2D eigenvalue weighted by molar-refractivity contribution is 7.13. The first-order chi connectivity index (χ1) is 8.38. The summed E-state index contributed by atoms with van der Waals surface area (Å²) in [6, 6.07) is 0. The van der Waals surface area contributed by atoms with E-state index in [9.17, 15) is 18.0 Å². The van der Waals surface area contributed by atoms with Crippen LogP contribution in [0.25, 0.3) is 0 Å². The van der Waals surface area contributed by atoms with Gasteiger partial charge in [-0.05, 0) is 12.8 Å². The number of halogens is 3. The summed E-state index contributed by atoms with van der Waals surface area (Å²) in [7, 11) is 0. The van der Waals surface area contributed by atoms with Gasteiger partial charge in [0.05, 0.1) is 5.92 Å². The predicted molar refractivity (Wildman–Crippen MR) is 61.2 cm³/mol. The van der Waals surface area contributed by atoms with E-state index in [0.29, 0.717) is 24.6 Å². The molecule has 1 unspecified atom stereocenters. The Balaban J connectivity index is 2.12. The summed E-state index contributed by atoms with van der Waals surface area (Å²) in [5.41, 5.74) is 4.33. The van der Waals surface area contributed by atoms with Gasteiger partial charge in [-0.3, -0.25) is 4.79 Å². The molecular weight excluding hydrogens is 267 g/mol. The van der Waals surface area contributed by atoms with Gasteiger partial charge in [0.1, 0.15) is 0 Å². The van der Waals surface area contributed by atoms with Crippen LogP contribution in [0.15, 0.2) is 5.38 Å². The van der Waals surface area contributed by atoms with Crippen LogP contribution in [0.4, 0.5) is 18.3 Å². The molecule has 0 aliphatic carbocycles. The number of carbonyl (C=O) groups excluding carboxylic acids is 1. The fourth-order valence-corrected chi connectivity index (χ4v) is 2.79. The van der Waals surface area contributed by atoms with Crippen LogP contribution in [0.5, 0.6) is 0 Å². The van der Waals surface area contributed by atoms with Gasteiger partial charge in [0, 0.05) is 18.5 Å². The van der Waals surface area contributed by atoms with Crippen LogP contribution in [0, 0.1) is 5.92 Å². The zero-order chi connectivity index (χ0) is 13.3. The minimum atomic E-state index is -4.42. The van der Waals surface area contributed by atoms with E-state index < -0.39 is 17.8 Å². The third kappa shape index (κ3) is 2.74. The number of hydrogen-bond acceptors (Lipinski definition) is 4. The van der Waals surface area contributed by atoms with Gasteiger partial charge in [0.25, 0.3) is 0 Å². The molecule has 0 bridgehead atoms. The van der Waals surface area contributed by atoms with Crippen molar-refractivity contribution in [1.82, 2.24) is 4.98 Å². The maximum atomic E-state index is 12.4. The summed E-state index contributed by atoms with van der Waals surface area (Å²) in [4.78, 5) is 16.4. The number of piperidine rings is 1. The summed E-state index contributed by atoms with van der Waals surface area (Å²) < 4.78 is 37.3. The highest BCUT2D eigenvalue weighted by atomic mass is 32.1. The van der Waals surface area contributed by atoms with E-state index in [1.807, 2.05) is 0 Å². The molecule has 4 nitrogen and oxygen atoms in total. The van der Waals surface area contributed by atoms with E-state index in [1.165, 1.54) is 0 Å². The number of amides is 1. The molecule has 1 aromatic heterocycles. The monoisotopic (exact) mass is 279 g/mol. The smallest absolute Gasteiger partial charge is 0.369 e. The summed E-state index contributed by atoms with van der Waals surface area (Å²) in [5, 5.41) is 1.29. The van der Waals surface area contributed by atoms with Crippen molar-refractivity contribution < 1.29 is 18.0 Å². The van der Waals surface area contributed by atoms with Crippen LogP contribution in [0.3, 0.4) is 0 Å². The quantitative estimate of drug-likeness (QED) is 0.899. The number of hydrogen-bond donors (Lipinski definition) is 1. The first-order valence-electron chi connectivity index (χ1n) is 5.45. The highest BCUT2D eigenvalue weighted by Gasteiger charge is 2.35. The Bertz CT molecular complexity index is 446. The van der Waals surface area contributed by atoms with Gasteiger partial charge in [0.15, 0.2) is 10.8 Å². The zero-order valence-electron chi connectivity index (χ0n) is 9.41. The van der Waals surface area contributed by atoms with Crippen molar-refractivity contribution in [3.63, 3.8) is 0 Å². The molecule has 2 N–H and O–H groups in total. The van der Waals surface area contributed by atoms with Gasteiger partial charge in [-0.1, -0.05) is 0 Å². The molecule has 0 radical (unpaired) electrons. The minimum absolute atomic E-state index is 0.299. The molecular formula is C10H12F3N3OS. The van der Waals surface area contributed by atoms with Crippen LogP contribution in [0.2, 0.25) is 0 Å². The number of thiazole rings is 1. The number of rotatable bonds is 2. The molecule has 1 aromatic rings. The van der Waals surface area contributed by atoms with Crippen molar-refractivity contribution in [2.24, 2.45) is 11.7 Å². The van der Waals surface area contributed by atoms with Gasteiger partial charge in [0.2, 0.25) is 5.91 Å². The molecule has 1 amide bonds. The van der Waals surface area contributed by atoms with Crippen molar-refractivity contribution in [1.29, 1.82) is 0 Å². The first kappa shape index (κ1) is 13.1. The van der Waals surface area contributed by atoms with Crippen LogP contribution < -0.4 is 10.6 Å². The summed E-state index contributed by atoms with van der Waals surface area (Å²) >= 11 is 0.939. The second-order valence-electron chi connectivity index (χ2n) is 4.20. The summed E-state index contributed by atoms with van der Waals surface area (Å²) in [6.07, 6.45) is -3.01. The van der Waals surface area contributed by atoms with E-state index >= 15 is 0 Å². The molecule has 1 fully saturated rings. The molecule has 0 saturated carbocycles. The maximum Gasteiger partial charge on any atom is 0.434 e. The Morgan fingerprint density at radius 1 is 1.56 bits per heavy atom. The van der Waals surface area contributed by atoms with E-state index in [1.54, 1.807) is 4.90 Å². The summed E-state index contributed by atoms with van der Waals surface area (Å²) in [5.74, 6) is -0.718. The van der Waals surface area contributed by atoms with Crippen molar-refractivity contribution in [3.05, 3.63) is 11.1 Å². The molecule has 2 rings (SSSR count). The van der Waals surface area contributed by atoms with Crippen LogP contribution in [-0.4, -0.2) is 24.0 Å². The molecule has 1 aliphatic rings. The molecule has 0 spiro atoms. The van der Waals surface area contributed by atoms with E-state index in [2.05, 4.69) is 4.98 Å². The Labute approximate surface area is 106 Å². The number of carbonyl (C=O) groups is 1. The molecule has 2 heterocycles. The standard InChI is InChI=1S/C10H12F3N3OS/c11-10(12,13)7-5-18-9(15-7)16-3-1-2-6(4-16)8(14)17/h5-6H,1-4H2,(H2,14,17). The van der Waals surface area contributed by atoms with E-state index in [-0.39, 0.29) is 5.92 Å². The van der Waals surface area contributed by atoms with Gasteiger partial charge in [-0.15, -0.1) is 11.3 Å². The highest BCUT2D eigenvalue weighted by Crippen LogP contribution is 2.34. The van der Waals surface area contributed by atoms with Crippen molar-refractivity contribution in [2.45, 2.75) is 19.0 Å². The second-order valence-corrected chi connectivity index (χ2v) is 5.04. The lowest BCUT2D eigenvalue weighted by Gasteiger charge is -2.30. The normalized spacial score (nSPS) is 21.1. The lowest BCUT2D eigenvalue weighted by molar-refractivity contribution is -0.140. The molecule has 100 valence electrons. The lowest BCUT2D eigenvalue weighted by atomic mass is 9.98. The van der Waals surface area contributed by atoms with Crippen LogP contribution in [0.1, 0.15) is 18.5 Å². The van der Waals surface area contributed by atoms with Crippen molar-refractivity contribution >= 4 is 22.4 Å². The molecule has 1 aliphatic heterocycles. The Kier molecular flexibility index (Phi) is 3.47. The second kappa shape index (κ2) is 4.75. The minimum Gasteiger partial charge on any atom is -0.369 e. The van der Waals surface area contributed by atoms with Gasteiger partial charge in [-0.25, -0.2) is 4.98 Å². The number of nitrogens with two attached hydrogens (primary N) is 1. The first-order valence-corrected chi connectivity index (χ1v) is 6.33. The topological polar surface area (TPSA) is 59.2 Å². The Hall–Kier alpha value is -1.31. The number of nitrogens with zero attached hydrogens (tertiary/aromatic N) is 2.